The summed E-state index contributed by atoms with van der Waals surface area (Å²) < 4.78 is 2.10. The fourth-order valence-corrected chi connectivity index (χ4v) is 7.66. The number of aromatic nitrogens is 3. The van der Waals surface area contributed by atoms with Crippen molar-refractivity contribution in [1.29, 1.82) is 0 Å². The van der Waals surface area contributed by atoms with Crippen LogP contribution < -0.4 is 0 Å². The zero-order valence-corrected chi connectivity index (χ0v) is 17.8. The quantitative estimate of drug-likeness (QED) is 0.657. The van der Waals surface area contributed by atoms with Gasteiger partial charge in [0.2, 0.25) is 0 Å². The van der Waals surface area contributed by atoms with E-state index < -0.39 is 0 Å². The third-order valence-corrected chi connectivity index (χ3v) is 8.41. The van der Waals surface area contributed by atoms with Crippen molar-refractivity contribution in [3.05, 3.63) is 35.7 Å². The van der Waals surface area contributed by atoms with Gasteiger partial charge in [-0.05, 0) is 88.7 Å². The first-order chi connectivity index (χ1) is 13.4. The summed E-state index contributed by atoms with van der Waals surface area (Å²) in [6, 6.07) is 8.29. The third kappa shape index (κ3) is 2.94. The zero-order valence-electron chi connectivity index (χ0n) is 17.0. The van der Waals surface area contributed by atoms with Crippen molar-refractivity contribution < 1.29 is 4.79 Å². The number of thioether (sulfide) groups is 1. The largest absolute Gasteiger partial charge is 0.298 e. The van der Waals surface area contributed by atoms with Gasteiger partial charge in [-0.15, -0.1) is 10.2 Å². The zero-order chi connectivity index (χ0) is 19.5. The summed E-state index contributed by atoms with van der Waals surface area (Å²) in [5.41, 5.74) is 2.23. The lowest BCUT2D eigenvalue weighted by Gasteiger charge is -2.56. The molecular formula is C23H29N3OS. The molecule has 0 N–H and O–H groups in total. The van der Waals surface area contributed by atoms with Crippen LogP contribution >= 0.6 is 11.8 Å². The summed E-state index contributed by atoms with van der Waals surface area (Å²) in [6.45, 7) is 6.17. The Balaban J connectivity index is 1.40. The van der Waals surface area contributed by atoms with Gasteiger partial charge >= 0.3 is 0 Å². The number of benzene rings is 1. The van der Waals surface area contributed by atoms with Crippen LogP contribution in [0.25, 0.3) is 5.69 Å². The molecule has 6 rings (SSSR count). The second kappa shape index (κ2) is 6.72. The van der Waals surface area contributed by atoms with E-state index in [0.717, 1.165) is 53.7 Å². The van der Waals surface area contributed by atoms with E-state index in [9.17, 15) is 4.79 Å². The van der Waals surface area contributed by atoms with Crippen molar-refractivity contribution in [2.24, 2.45) is 23.2 Å². The van der Waals surface area contributed by atoms with Crippen LogP contribution in [0.5, 0.6) is 0 Å². The summed E-state index contributed by atoms with van der Waals surface area (Å²) in [5.74, 6) is 3.72. The van der Waals surface area contributed by atoms with Crippen molar-refractivity contribution in [3.63, 3.8) is 0 Å². The van der Waals surface area contributed by atoms with Gasteiger partial charge in [-0.2, -0.15) is 0 Å². The molecule has 4 aliphatic rings. The fourth-order valence-electron chi connectivity index (χ4n) is 6.57. The Morgan fingerprint density at radius 2 is 1.68 bits per heavy atom. The summed E-state index contributed by atoms with van der Waals surface area (Å²) in [6.07, 6.45) is 7.50. The fraction of sp³-hybridized carbons (Fsp3) is 0.609. The molecule has 28 heavy (non-hydrogen) atoms. The highest BCUT2D eigenvalue weighted by Crippen LogP contribution is 2.61. The van der Waals surface area contributed by atoms with E-state index in [4.69, 9.17) is 0 Å². The highest BCUT2D eigenvalue weighted by molar-refractivity contribution is 8.00. The van der Waals surface area contributed by atoms with Crippen LogP contribution in [-0.2, 0) is 4.79 Å². The van der Waals surface area contributed by atoms with Gasteiger partial charge in [-0.1, -0.05) is 30.0 Å². The average Bonchev–Trinajstić information content (AvgIpc) is 3.00. The van der Waals surface area contributed by atoms with E-state index in [2.05, 4.69) is 40.7 Å². The first-order valence-electron chi connectivity index (χ1n) is 10.6. The van der Waals surface area contributed by atoms with Crippen LogP contribution in [0, 0.1) is 37.0 Å². The smallest absolute Gasteiger partial charge is 0.196 e. The van der Waals surface area contributed by atoms with Gasteiger partial charge in [0, 0.05) is 5.41 Å². The van der Waals surface area contributed by atoms with E-state index in [0.29, 0.717) is 5.78 Å². The summed E-state index contributed by atoms with van der Waals surface area (Å²) in [5, 5.41) is 9.50. The minimum absolute atomic E-state index is 0.0519. The molecule has 4 bridgehead atoms. The molecule has 148 valence electrons. The Bertz CT molecular complexity index is 883. The molecule has 0 saturated heterocycles. The Labute approximate surface area is 171 Å². The highest BCUT2D eigenvalue weighted by atomic mass is 32.2. The lowest BCUT2D eigenvalue weighted by Crippen LogP contribution is -2.51. The first kappa shape index (κ1) is 18.4. The molecule has 2 aromatic rings. The van der Waals surface area contributed by atoms with Gasteiger partial charge in [-0.25, -0.2) is 0 Å². The monoisotopic (exact) mass is 395 g/mol. The molecule has 5 heteroatoms. The van der Waals surface area contributed by atoms with E-state index in [1.807, 2.05) is 19.1 Å². The number of carbonyl (C=O) groups is 1. The second-order valence-corrected chi connectivity index (χ2v) is 10.8. The molecule has 1 aromatic carbocycles. The van der Waals surface area contributed by atoms with Crippen molar-refractivity contribution in [1.82, 2.24) is 14.8 Å². The van der Waals surface area contributed by atoms with Gasteiger partial charge in [-0.3, -0.25) is 9.36 Å². The lowest BCUT2D eigenvalue weighted by molar-refractivity contribution is -0.142. The van der Waals surface area contributed by atoms with Gasteiger partial charge in [0.05, 0.1) is 10.9 Å². The minimum atomic E-state index is -0.0809. The summed E-state index contributed by atoms with van der Waals surface area (Å²) in [4.78, 5) is 13.6. The van der Waals surface area contributed by atoms with Crippen LogP contribution in [0.3, 0.4) is 0 Å². The minimum Gasteiger partial charge on any atom is -0.298 e. The first-order valence-corrected chi connectivity index (χ1v) is 11.5. The Hall–Kier alpha value is -1.62. The van der Waals surface area contributed by atoms with Crippen molar-refractivity contribution in [2.45, 2.75) is 69.7 Å². The molecule has 0 radical (unpaired) electrons. The van der Waals surface area contributed by atoms with E-state index >= 15 is 0 Å². The number of Topliss-reactive ketones (excluding diaryl/α,β-unsaturated/α-hetero) is 1. The van der Waals surface area contributed by atoms with E-state index in [1.165, 1.54) is 24.8 Å². The van der Waals surface area contributed by atoms with Gasteiger partial charge in [0.25, 0.3) is 0 Å². The SMILES string of the molecule is Cc1ccccc1-n1c(C)nnc1SC(C)C(=O)C12CC3CC(CC(C3)C1)C2. The average molecular weight is 396 g/mol. The number of rotatable bonds is 5. The van der Waals surface area contributed by atoms with Crippen molar-refractivity contribution in [3.8, 4) is 5.69 Å². The predicted molar refractivity (Wildman–Crippen MR) is 112 cm³/mol. The summed E-state index contributed by atoms with van der Waals surface area (Å²) >= 11 is 1.59. The lowest BCUT2D eigenvalue weighted by atomic mass is 9.48. The van der Waals surface area contributed by atoms with E-state index in [-0.39, 0.29) is 10.7 Å². The molecule has 4 aliphatic carbocycles. The highest BCUT2D eigenvalue weighted by Gasteiger charge is 2.55. The number of hydrogen-bond acceptors (Lipinski definition) is 4. The van der Waals surface area contributed by atoms with Crippen molar-refractivity contribution >= 4 is 17.5 Å². The Morgan fingerprint density at radius 1 is 1.07 bits per heavy atom. The van der Waals surface area contributed by atoms with Crippen LogP contribution in [0.2, 0.25) is 0 Å². The maximum absolute atomic E-state index is 13.6. The number of aryl methyl sites for hydroxylation is 2. The standard InChI is InChI=1S/C23H29N3OS/c1-14-6-4-5-7-20(14)26-16(3)24-25-22(26)28-15(2)21(27)23-11-17-8-18(12-23)10-19(9-17)13-23/h4-7,15,17-19H,8-13H2,1-3H3. The number of nitrogens with zero attached hydrogens (tertiary/aromatic N) is 3. The van der Waals surface area contributed by atoms with Gasteiger partial charge in [0.1, 0.15) is 5.82 Å². The number of ketones is 1. The van der Waals surface area contributed by atoms with Gasteiger partial charge < -0.3 is 0 Å². The van der Waals surface area contributed by atoms with Crippen LogP contribution in [-0.4, -0.2) is 25.8 Å². The molecule has 0 amide bonds. The molecule has 4 nitrogen and oxygen atoms in total. The maximum atomic E-state index is 13.6. The predicted octanol–water partition coefficient (Wildman–Crippen LogP) is 5.15. The number of hydrogen-bond donors (Lipinski definition) is 0. The number of carbonyl (C=O) groups excluding carboxylic acids is 1. The second-order valence-electron chi connectivity index (χ2n) is 9.47. The van der Waals surface area contributed by atoms with Crippen LogP contribution in [0.15, 0.2) is 29.4 Å². The molecule has 0 aliphatic heterocycles. The van der Waals surface area contributed by atoms with Crippen molar-refractivity contribution in [2.75, 3.05) is 0 Å². The normalized spacial score (nSPS) is 31.9. The molecule has 1 heterocycles. The Morgan fingerprint density at radius 3 is 2.29 bits per heavy atom. The topological polar surface area (TPSA) is 47.8 Å². The van der Waals surface area contributed by atoms with Gasteiger partial charge in [0.15, 0.2) is 10.9 Å². The molecule has 1 unspecified atom stereocenters. The number of para-hydroxylation sites is 1. The molecule has 1 aromatic heterocycles. The third-order valence-electron chi connectivity index (χ3n) is 7.36. The maximum Gasteiger partial charge on any atom is 0.196 e. The molecule has 1 atom stereocenters. The Kier molecular flexibility index (Phi) is 4.42. The van der Waals surface area contributed by atoms with E-state index in [1.54, 1.807) is 11.8 Å². The summed E-state index contributed by atoms with van der Waals surface area (Å²) in [7, 11) is 0. The van der Waals surface area contributed by atoms with Crippen LogP contribution in [0.4, 0.5) is 0 Å². The molecular weight excluding hydrogens is 366 g/mol. The van der Waals surface area contributed by atoms with Crippen LogP contribution in [0.1, 0.15) is 56.8 Å². The molecule has 0 spiro atoms. The molecule has 4 fully saturated rings. The molecule has 4 saturated carbocycles.